The summed E-state index contributed by atoms with van der Waals surface area (Å²) in [5.74, 6) is 1.65. The highest BCUT2D eigenvalue weighted by atomic mass is 35.5. The number of carbonyl (C=O) groups is 1. The zero-order valence-electron chi connectivity index (χ0n) is 13.3. The summed E-state index contributed by atoms with van der Waals surface area (Å²) in [5, 5.41) is 6.95. The molecule has 4 heteroatoms. The first-order chi connectivity index (χ1) is 9.70. The third kappa shape index (κ3) is 4.59. The van der Waals surface area contributed by atoms with Crippen molar-refractivity contribution in [3.63, 3.8) is 0 Å². The lowest BCUT2D eigenvalue weighted by atomic mass is 9.79. The monoisotopic (exact) mass is 314 g/mol. The number of carbonyl (C=O) groups excluding carboxylic acids is 1. The Morgan fingerprint density at radius 1 is 1.10 bits per heavy atom. The SMILES string of the molecule is CC(CC(=O)NC1CC2CCC(C1)N2)C1CCCCC1.Cl. The molecule has 3 nitrogen and oxygen atoms in total. The normalized spacial score (nSPS) is 34.0. The molecule has 3 aliphatic rings. The average molecular weight is 315 g/mol. The molecule has 0 spiro atoms. The predicted octanol–water partition coefficient (Wildman–Crippen LogP) is 3.41. The van der Waals surface area contributed by atoms with Gasteiger partial charge in [0.2, 0.25) is 5.91 Å². The van der Waals surface area contributed by atoms with E-state index in [2.05, 4.69) is 17.6 Å². The Balaban J connectivity index is 0.00000161. The van der Waals surface area contributed by atoms with Crippen molar-refractivity contribution in [2.24, 2.45) is 11.8 Å². The lowest BCUT2D eigenvalue weighted by Gasteiger charge is -2.31. The van der Waals surface area contributed by atoms with Gasteiger partial charge in [0.1, 0.15) is 0 Å². The summed E-state index contributed by atoms with van der Waals surface area (Å²) >= 11 is 0. The lowest BCUT2D eigenvalue weighted by molar-refractivity contribution is -0.123. The second-order valence-electron chi connectivity index (χ2n) is 7.45. The molecule has 2 bridgehead atoms. The van der Waals surface area contributed by atoms with E-state index in [1.54, 1.807) is 0 Å². The van der Waals surface area contributed by atoms with Gasteiger partial charge in [-0.2, -0.15) is 0 Å². The van der Waals surface area contributed by atoms with Crippen LogP contribution in [-0.2, 0) is 4.79 Å². The average Bonchev–Trinajstić information content (AvgIpc) is 2.78. The highest BCUT2D eigenvalue weighted by Crippen LogP contribution is 2.32. The Labute approximate surface area is 135 Å². The third-order valence-corrected chi connectivity index (χ3v) is 5.80. The van der Waals surface area contributed by atoms with Crippen LogP contribution in [0.5, 0.6) is 0 Å². The molecular weight excluding hydrogens is 284 g/mol. The van der Waals surface area contributed by atoms with Gasteiger partial charge < -0.3 is 10.6 Å². The van der Waals surface area contributed by atoms with Gasteiger partial charge in [-0.1, -0.05) is 39.0 Å². The van der Waals surface area contributed by atoms with Gasteiger partial charge in [0.25, 0.3) is 0 Å². The highest BCUT2D eigenvalue weighted by molar-refractivity contribution is 5.85. The Bertz CT molecular complexity index is 332. The van der Waals surface area contributed by atoms with Gasteiger partial charge in [0.05, 0.1) is 0 Å². The minimum Gasteiger partial charge on any atom is -0.353 e. The Morgan fingerprint density at radius 3 is 2.33 bits per heavy atom. The number of rotatable bonds is 4. The van der Waals surface area contributed by atoms with Crippen molar-refractivity contribution in [2.75, 3.05) is 0 Å². The molecule has 2 aliphatic heterocycles. The van der Waals surface area contributed by atoms with Crippen molar-refractivity contribution in [3.8, 4) is 0 Å². The summed E-state index contributed by atoms with van der Waals surface area (Å²) in [7, 11) is 0. The Kier molecular flexibility index (Phi) is 6.36. The van der Waals surface area contributed by atoms with E-state index in [4.69, 9.17) is 0 Å². The van der Waals surface area contributed by atoms with Gasteiger partial charge in [-0.15, -0.1) is 12.4 Å². The molecule has 0 aromatic rings. The maximum absolute atomic E-state index is 12.3. The minimum atomic E-state index is 0. The number of piperidine rings is 1. The van der Waals surface area contributed by atoms with Gasteiger partial charge in [-0.25, -0.2) is 0 Å². The van der Waals surface area contributed by atoms with Crippen LogP contribution in [0.25, 0.3) is 0 Å². The standard InChI is InChI=1S/C17H30N2O.ClH/c1-12(13-5-3-2-4-6-13)9-17(20)19-16-10-14-7-8-15(11-16)18-14;/h12-16,18H,2-11H2,1H3,(H,19,20);1H. The topological polar surface area (TPSA) is 41.1 Å². The van der Waals surface area contributed by atoms with Crippen LogP contribution in [0, 0.1) is 11.8 Å². The van der Waals surface area contributed by atoms with Gasteiger partial charge >= 0.3 is 0 Å². The van der Waals surface area contributed by atoms with Gasteiger partial charge in [-0.3, -0.25) is 4.79 Å². The molecule has 3 rings (SSSR count). The van der Waals surface area contributed by atoms with E-state index in [1.165, 1.54) is 44.9 Å². The quantitative estimate of drug-likeness (QED) is 0.835. The summed E-state index contributed by atoms with van der Waals surface area (Å²) in [5.41, 5.74) is 0. The first-order valence-corrected chi connectivity index (χ1v) is 8.76. The summed E-state index contributed by atoms with van der Waals surface area (Å²) in [6.07, 6.45) is 12.4. The molecule has 1 amide bonds. The van der Waals surface area contributed by atoms with Crippen molar-refractivity contribution < 1.29 is 4.79 Å². The largest absolute Gasteiger partial charge is 0.353 e. The fourth-order valence-electron chi connectivity index (χ4n) is 4.62. The second kappa shape index (κ2) is 7.82. The smallest absolute Gasteiger partial charge is 0.220 e. The van der Waals surface area contributed by atoms with E-state index >= 15 is 0 Å². The van der Waals surface area contributed by atoms with Crippen LogP contribution in [0.1, 0.15) is 71.1 Å². The van der Waals surface area contributed by atoms with E-state index in [1.807, 2.05) is 0 Å². The van der Waals surface area contributed by atoms with Gasteiger partial charge in [0.15, 0.2) is 0 Å². The Morgan fingerprint density at radius 2 is 1.71 bits per heavy atom. The number of fused-ring (bicyclic) bond motifs is 2. The van der Waals surface area contributed by atoms with E-state index in [0.29, 0.717) is 30.0 Å². The van der Waals surface area contributed by atoms with Crippen LogP contribution in [0.2, 0.25) is 0 Å². The molecule has 0 aromatic heterocycles. The van der Waals surface area contributed by atoms with Crippen LogP contribution < -0.4 is 10.6 Å². The van der Waals surface area contributed by atoms with Crippen LogP contribution in [0.3, 0.4) is 0 Å². The first-order valence-electron chi connectivity index (χ1n) is 8.76. The van der Waals surface area contributed by atoms with Gasteiger partial charge in [0, 0.05) is 24.5 Å². The van der Waals surface area contributed by atoms with E-state index in [0.717, 1.165) is 25.2 Å². The lowest BCUT2D eigenvalue weighted by Crippen LogP contribution is -2.48. The first kappa shape index (κ1) is 17.1. The highest BCUT2D eigenvalue weighted by Gasteiger charge is 2.34. The van der Waals surface area contributed by atoms with E-state index in [9.17, 15) is 4.79 Å². The molecule has 1 aliphatic carbocycles. The zero-order valence-corrected chi connectivity index (χ0v) is 14.1. The molecule has 2 N–H and O–H groups in total. The molecule has 3 atom stereocenters. The molecule has 0 aromatic carbocycles. The molecule has 3 fully saturated rings. The predicted molar refractivity (Wildman–Crippen MR) is 88.7 cm³/mol. The molecule has 21 heavy (non-hydrogen) atoms. The summed E-state index contributed by atoms with van der Waals surface area (Å²) in [6.45, 7) is 2.28. The summed E-state index contributed by atoms with van der Waals surface area (Å²) < 4.78 is 0. The molecule has 1 saturated carbocycles. The fourth-order valence-corrected chi connectivity index (χ4v) is 4.62. The van der Waals surface area contributed by atoms with E-state index in [-0.39, 0.29) is 12.4 Å². The summed E-state index contributed by atoms with van der Waals surface area (Å²) in [6, 6.07) is 1.75. The fraction of sp³-hybridized carbons (Fsp3) is 0.941. The summed E-state index contributed by atoms with van der Waals surface area (Å²) in [4.78, 5) is 12.3. The van der Waals surface area contributed by atoms with Crippen molar-refractivity contribution in [2.45, 2.75) is 89.3 Å². The molecule has 2 saturated heterocycles. The van der Waals surface area contributed by atoms with E-state index < -0.39 is 0 Å². The number of hydrogen-bond donors (Lipinski definition) is 2. The van der Waals surface area contributed by atoms with Crippen molar-refractivity contribution in [1.82, 2.24) is 10.6 Å². The molecule has 0 radical (unpaired) electrons. The number of amides is 1. The van der Waals surface area contributed by atoms with Crippen LogP contribution >= 0.6 is 12.4 Å². The molecule has 2 heterocycles. The molecular formula is C17H31ClN2O. The maximum atomic E-state index is 12.3. The number of hydrogen-bond acceptors (Lipinski definition) is 2. The second-order valence-corrected chi connectivity index (χ2v) is 7.45. The zero-order chi connectivity index (χ0) is 13.9. The third-order valence-electron chi connectivity index (χ3n) is 5.80. The van der Waals surface area contributed by atoms with Crippen LogP contribution in [0.15, 0.2) is 0 Å². The number of nitrogens with one attached hydrogen (secondary N) is 2. The van der Waals surface area contributed by atoms with Crippen molar-refractivity contribution in [3.05, 3.63) is 0 Å². The maximum Gasteiger partial charge on any atom is 0.220 e. The van der Waals surface area contributed by atoms with Crippen LogP contribution in [0.4, 0.5) is 0 Å². The molecule has 3 unspecified atom stereocenters. The van der Waals surface area contributed by atoms with Gasteiger partial charge in [-0.05, 0) is 37.5 Å². The van der Waals surface area contributed by atoms with Crippen LogP contribution in [-0.4, -0.2) is 24.0 Å². The van der Waals surface area contributed by atoms with Crippen molar-refractivity contribution in [1.29, 1.82) is 0 Å². The Hall–Kier alpha value is -0.280. The number of halogens is 1. The minimum absolute atomic E-state index is 0. The van der Waals surface area contributed by atoms with Crippen molar-refractivity contribution >= 4 is 18.3 Å². The molecule has 122 valence electrons.